The number of carbonyl (C=O) groups excluding carboxylic acids is 2. The van der Waals surface area contributed by atoms with E-state index in [1.807, 2.05) is 30.3 Å². The molecule has 0 bridgehead atoms. The van der Waals surface area contributed by atoms with Crippen LogP contribution in [0, 0.1) is 41.4 Å². The molecule has 1 aromatic heterocycles. The van der Waals surface area contributed by atoms with Gasteiger partial charge in [-0.2, -0.15) is 0 Å². The minimum atomic E-state index is 0.0884. The Balaban J connectivity index is 1.32. The van der Waals surface area contributed by atoms with E-state index >= 15 is 0 Å². The second-order valence-corrected chi connectivity index (χ2v) is 11.8. The minimum Gasteiger partial charge on any atom is -0.338 e. The van der Waals surface area contributed by atoms with E-state index in [4.69, 9.17) is 0 Å². The Morgan fingerprint density at radius 2 is 2.03 bits per heavy atom. The number of hydrogen-bond donors (Lipinski definition) is 1. The van der Waals surface area contributed by atoms with E-state index in [-0.39, 0.29) is 22.6 Å². The molecule has 3 saturated carbocycles. The molecule has 2 amide bonds. The van der Waals surface area contributed by atoms with Gasteiger partial charge < -0.3 is 10.2 Å². The standard InChI is InChI=1S/C25H35N3O2S/c1-15-14-31-23(26-15)27-21(29)13-16-5-7-18-17-6-8-20-25(3,12-10-22(30)28(20)4)19(17)9-11-24(16,18)2/h10,12,14,16-20H,5-9,11,13H2,1-4H3,(H,26,27,29)/t16-,17?,18?,19?,20?,24-,25-/m1/s1. The van der Waals surface area contributed by atoms with Crippen LogP contribution in [0.5, 0.6) is 0 Å². The summed E-state index contributed by atoms with van der Waals surface area (Å²) >= 11 is 1.51. The van der Waals surface area contributed by atoms with E-state index in [2.05, 4.69) is 30.2 Å². The van der Waals surface area contributed by atoms with Gasteiger partial charge in [0.25, 0.3) is 0 Å². The normalized spacial score (nSPS) is 41.5. The van der Waals surface area contributed by atoms with Crippen LogP contribution >= 0.6 is 11.3 Å². The maximum atomic E-state index is 12.8. The summed E-state index contributed by atoms with van der Waals surface area (Å²) in [6, 6.07) is 0.334. The molecule has 1 N–H and O–H groups in total. The molecule has 0 aromatic carbocycles. The number of carbonyl (C=O) groups is 2. The Labute approximate surface area is 189 Å². The molecule has 2 heterocycles. The van der Waals surface area contributed by atoms with Gasteiger partial charge in [0.05, 0.1) is 5.69 Å². The summed E-state index contributed by atoms with van der Waals surface area (Å²) in [5.74, 6) is 2.78. The SMILES string of the molecule is Cc1csc(NC(=O)C[C@H]2CCC3C4CCC5N(C)C(=O)C=C[C@]5(C)C4CC[C@@]32C)n1. The van der Waals surface area contributed by atoms with Gasteiger partial charge in [-0.25, -0.2) is 4.98 Å². The summed E-state index contributed by atoms with van der Waals surface area (Å²) in [5.41, 5.74) is 1.30. The summed E-state index contributed by atoms with van der Waals surface area (Å²) in [7, 11) is 1.98. The van der Waals surface area contributed by atoms with Crippen molar-refractivity contribution in [3.63, 3.8) is 0 Å². The lowest BCUT2D eigenvalue weighted by atomic mass is 9.47. The van der Waals surface area contributed by atoms with Gasteiger partial charge in [0, 0.05) is 30.3 Å². The molecule has 5 rings (SSSR count). The molecule has 3 fully saturated rings. The zero-order valence-electron chi connectivity index (χ0n) is 19.2. The molecule has 3 aliphatic carbocycles. The fraction of sp³-hybridized carbons (Fsp3) is 0.720. The van der Waals surface area contributed by atoms with Crippen LogP contribution in [0.25, 0.3) is 0 Å². The molecule has 5 nitrogen and oxygen atoms in total. The molecule has 4 aliphatic rings. The Hall–Kier alpha value is -1.69. The maximum Gasteiger partial charge on any atom is 0.246 e. The summed E-state index contributed by atoms with van der Waals surface area (Å²) in [6.07, 6.45) is 11.8. The molecule has 1 aliphatic heterocycles. The van der Waals surface area contributed by atoms with Crippen molar-refractivity contribution >= 4 is 28.3 Å². The van der Waals surface area contributed by atoms with E-state index in [9.17, 15) is 9.59 Å². The molecule has 31 heavy (non-hydrogen) atoms. The fourth-order valence-corrected chi connectivity index (χ4v) is 8.69. The van der Waals surface area contributed by atoms with Crippen LogP contribution in [0.2, 0.25) is 0 Å². The summed E-state index contributed by atoms with van der Waals surface area (Å²) in [5, 5.41) is 5.73. The first kappa shape index (κ1) is 21.2. The zero-order valence-corrected chi connectivity index (χ0v) is 20.0. The first-order chi connectivity index (χ1) is 14.7. The van der Waals surface area contributed by atoms with Gasteiger partial charge in [-0.3, -0.25) is 9.59 Å². The van der Waals surface area contributed by atoms with E-state index in [0.717, 1.165) is 23.7 Å². The van der Waals surface area contributed by atoms with Crippen LogP contribution in [0.1, 0.15) is 64.5 Å². The first-order valence-corrected chi connectivity index (χ1v) is 12.8. The molecule has 0 spiro atoms. The van der Waals surface area contributed by atoms with E-state index in [0.29, 0.717) is 36.1 Å². The summed E-state index contributed by atoms with van der Waals surface area (Å²) < 4.78 is 0. The third-order valence-electron chi connectivity index (χ3n) is 9.62. The Bertz CT molecular complexity index is 926. The highest BCUT2D eigenvalue weighted by atomic mass is 32.1. The predicted molar refractivity (Wildman–Crippen MR) is 124 cm³/mol. The number of likely N-dealkylation sites (N-methyl/N-ethyl adjacent to an activating group) is 1. The second-order valence-electron chi connectivity index (χ2n) is 11.0. The number of rotatable bonds is 3. The van der Waals surface area contributed by atoms with Crippen LogP contribution in [-0.2, 0) is 9.59 Å². The van der Waals surface area contributed by atoms with Gasteiger partial charge in [0.2, 0.25) is 11.8 Å². The number of amides is 2. The monoisotopic (exact) mass is 441 g/mol. The predicted octanol–water partition coefficient (Wildman–Crippen LogP) is 5.04. The van der Waals surface area contributed by atoms with Gasteiger partial charge in [0.15, 0.2) is 5.13 Å². The van der Waals surface area contributed by atoms with Crippen molar-refractivity contribution in [2.24, 2.45) is 34.5 Å². The largest absolute Gasteiger partial charge is 0.338 e. The Morgan fingerprint density at radius 1 is 1.23 bits per heavy atom. The lowest BCUT2D eigenvalue weighted by molar-refractivity contribution is -0.139. The van der Waals surface area contributed by atoms with Gasteiger partial charge in [-0.05, 0) is 80.6 Å². The third kappa shape index (κ3) is 3.28. The van der Waals surface area contributed by atoms with Crippen molar-refractivity contribution in [2.45, 2.75) is 71.8 Å². The average Bonchev–Trinajstić information content (AvgIpc) is 3.28. The highest BCUT2D eigenvalue weighted by Crippen LogP contribution is 2.65. The van der Waals surface area contributed by atoms with Crippen LogP contribution in [-0.4, -0.2) is 34.8 Å². The first-order valence-electron chi connectivity index (χ1n) is 11.9. The van der Waals surface area contributed by atoms with Crippen LogP contribution in [0.4, 0.5) is 5.13 Å². The van der Waals surface area contributed by atoms with Crippen molar-refractivity contribution < 1.29 is 9.59 Å². The van der Waals surface area contributed by atoms with Crippen molar-refractivity contribution in [3.05, 3.63) is 23.2 Å². The van der Waals surface area contributed by atoms with E-state index in [1.54, 1.807) is 0 Å². The molecule has 0 saturated heterocycles. The molecule has 6 heteroatoms. The van der Waals surface area contributed by atoms with Crippen molar-refractivity contribution in [1.82, 2.24) is 9.88 Å². The molecular formula is C25H35N3O2S. The quantitative estimate of drug-likeness (QED) is 0.715. The smallest absolute Gasteiger partial charge is 0.246 e. The second kappa shape index (κ2) is 7.43. The number of aryl methyl sites for hydroxylation is 1. The molecule has 7 atom stereocenters. The van der Waals surface area contributed by atoms with Crippen molar-refractivity contribution in [3.8, 4) is 0 Å². The number of anilines is 1. The van der Waals surface area contributed by atoms with Gasteiger partial charge in [-0.1, -0.05) is 19.9 Å². The lowest BCUT2D eigenvalue weighted by Crippen LogP contribution is -2.59. The number of aromatic nitrogens is 1. The molecular weight excluding hydrogens is 406 g/mol. The molecule has 1 aromatic rings. The summed E-state index contributed by atoms with van der Waals surface area (Å²) in [6.45, 7) is 6.82. The Morgan fingerprint density at radius 3 is 2.77 bits per heavy atom. The van der Waals surface area contributed by atoms with E-state index in [1.165, 1.54) is 37.0 Å². The lowest BCUT2D eigenvalue weighted by Gasteiger charge is -2.60. The molecule has 4 unspecified atom stereocenters. The van der Waals surface area contributed by atoms with Crippen LogP contribution in [0.15, 0.2) is 17.5 Å². The Kier molecular flexibility index (Phi) is 5.07. The third-order valence-corrected chi connectivity index (χ3v) is 10.5. The van der Waals surface area contributed by atoms with Gasteiger partial charge >= 0.3 is 0 Å². The van der Waals surface area contributed by atoms with Crippen LogP contribution in [0.3, 0.4) is 0 Å². The molecule has 0 radical (unpaired) electrons. The number of nitrogens with one attached hydrogen (secondary N) is 1. The van der Waals surface area contributed by atoms with Crippen LogP contribution < -0.4 is 5.32 Å². The topological polar surface area (TPSA) is 62.3 Å². The number of nitrogens with zero attached hydrogens (tertiary/aromatic N) is 2. The number of thiazole rings is 1. The number of hydrogen-bond acceptors (Lipinski definition) is 4. The van der Waals surface area contributed by atoms with Crippen molar-refractivity contribution in [1.29, 1.82) is 0 Å². The summed E-state index contributed by atoms with van der Waals surface area (Å²) in [4.78, 5) is 31.4. The van der Waals surface area contributed by atoms with Gasteiger partial charge in [-0.15, -0.1) is 11.3 Å². The maximum absolute atomic E-state index is 12.8. The zero-order chi connectivity index (χ0) is 22.0. The highest BCUT2D eigenvalue weighted by molar-refractivity contribution is 7.13. The van der Waals surface area contributed by atoms with Gasteiger partial charge in [0.1, 0.15) is 0 Å². The highest BCUT2D eigenvalue weighted by Gasteiger charge is 2.60. The minimum absolute atomic E-state index is 0.0884. The fourth-order valence-electron chi connectivity index (χ4n) is 7.99. The molecule has 168 valence electrons. The number of fused-ring (bicyclic) bond motifs is 5. The average molecular weight is 442 g/mol. The van der Waals surface area contributed by atoms with Crippen molar-refractivity contribution in [2.75, 3.05) is 12.4 Å². The van der Waals surface area contributed by atoms with E-state index < -0.39 is 0 Å².